The molecule has 1 N–H and O–H groups in total. The number of aromatic nitrogens is 1. The number of hydrogen-bond donors (Lipinski definition) is 1. The van der Waals surface area contributed by atoms with Crippen LogP contribution in [-0.2, 0) is 4.79 Å². The Bertz CT molecular complexity index is 1070. The van der Waals surface area contributed by atoms with Crippen LogP contribution in [0.15, 0.2) is 36.7 Å². The Kier molecular flexibility index (Phi) is 8.14. The lowest BCUT2D eigenvalue weighted by atomic mass is 9.79. The highest BCUT2D eigenvalue weighted by Gasteiger charge is 2.43. The van der Waals surface area contributed by atoms with Crippen LogP contribution in [-0.4, -0.2) is 74.0 Å². The second kappa shape index (κ2) is 11.3. The Morgan fingerprint density at radius 1 is 1.14 bits per heavy atom. The van der Waals surface area contributed by atoms with E-state index in [9.17, 15) is 9.59 Å². The standard InChI is InChI=1S/C28H38N4O4/c1-18-12-19(2)17-32(16-18)11-7-10-30-27(33)25-21-13-23(35-4)24(36-5)14-22(21)28(34)31(3)26(25)20-8-6-9-29-15-20/h6,8-9,13-15,18-19,25-26H,7,10-12,16-17H2,1-5H3,(H,30,33)/t18-,19-,25+,26+/m0/s1. The molecule has 8 heteroatoms. The predicted molar refractivity (Wildman–Crippen MR) is 138 cm³/mol. The maximum atomic E-state index is 13.8. The van der Waals surface area contributed by atoms with Gasteiger partial charge >= 0.3 is 0 Å². The van der Waals surface area contributed by atoms with Crippen molar-refractivity contribution in [1.29, 1.82) is 0 Å². The second-order valence-corrected chi connectivity index (χ2v) is 10.3. The summed E-state index contributed by atoms with van der Waals surface area (Å²) >= 11 is 0. The third-order valence-electron chi connectivity index (χ3n) is 7.38. The second-order valence-electron chi connectivity index (χ2n) is 10.3. The number of ether oxygens (including phenoxy) is 2. The van der Waals surface area contributed by atoms with E-state index in [0.717, 1.165) is 31.6 Å². The van der Waals surface area contributed by atoms with Crippen LogP contribution in [0.1, 0.15) is 60.1 Å². The Morgan fingerprint density at radius 3 is 2.47 bits per heavy atom. The van der Waals surface area contributed by atoms with E-state index in [0.29, 0.717) is 41.0 Å². The number of benzene rings is 1. The molecule has 4 rings (SSSR count). The summed E-state index contributed by atoms with van der Waals surface area (Å²) in [6.45, 7) is 8.40. The number of piperidine rings is 1. The Morgan fingerprint density at radius 2 is 1.83 bits per heavy atom. The monoisotopic (exact) mass is 494 g/mol. The molecule has 0 aliphatic carbocycles. The molecule has 1 fully saturated rings. The summed E-state index contributed by atoms with van der Waals surface area (Å²) in [4.78, 5) is 35.5. The van der Waals surface area contributed by atoms with Gasteiger partial charge in [-0.25, -0.2) is 0 Å². The van der Waals surface area contributed by atoms with Gasteiger partial charge in [-0.05, 0) is 60.5 Å². The van der Waals surface area contributed by atoms with Crippen LogP contribution in [0.2, 0.25) is 0 Å². The number of likely N-dealkylation sites (N-methyl/N-ethyl adjacent to an activating group) is 1. The lowest BCUT2D eigenvalue weighted by Crippen LogP contribution is -2.46. The number of nitrogens with zero attached hydrogens (tertiary/aromatic N) is 3. The quantitative estimate of drug-likeness (QED) is 0.566. The Balaban J connectivity index is 1.58. The minimum absolute atomic E-state index is 0.114. The third-order valence-corrected chi connectivity index (χ3v) is 7.38. The summed E-state index contributed by atoms with van der Waals surface area (Å²) in [6.07, 6.45) is 5.57. The summed E-state index contributed by atoms with van der Waals surface area (Å²) in [6, 6.07) is 6.69. The van der Waals surface area contributed by atoms with Gasteiger partial charge in [-0.2, -0.15) is 0 Å². The van der Waals surface area contributed by atoms with E-state index in [4.69, 9.17) is 9.47 Å². The zero-order chi connectivity index (χ0) is 25.8. The van der Waals surface area contributed by atoms with Gasteiger partial charge in [0.2, 0.25) is 5.91 Å². The van der Waals surface area contributed by atoms with Gasteiger partial charge in [-0.3, -0.25) is 14.6 Å². The lowest BCUT2D eigenvalue weighted by Gasteiger charge is -2.40. The van der Waals surface area contributed by atoms with Crippen molar-refractivity contribution >= 4 is 11.8 Å². The van der Waals surface area contributed by atoms with Crippen LogP contribution in [0.25, 0.3) is 0 Å². The molecule has 0 radical (unpaired) electrons. The SMILES string of the molecule is COc1cc2c(cc1OC)[C@@H](C(=O)NCCCN1C[C@@H](C)C[C@H](C)C1)[C@@H](c1cccnc1)N(C)C2=O. The fourth-order valence-corrected chi connectivity index (χ4v) is 5.90. The molecule has 194 valence electrons. The average molecular weight is 495 g/mol. The zero-order valence-electron chi connectivity index (χ0n) is 22.0. The topological polar surface area (TPSA) is 84.0 Å². The van der Waals surface area contributed by atoms with Crippen molar-refractivity contribution in [2.24, 2.45) is 11.8 Å². The van der Waals surface area contributed by atoms with Gasteiger partial charge in [0.05, 0.1) is 26.2 Å². The van der Waals surface area contributed by atoms with Crippen molar-refractivity contribution in [1.82, 2.24) is 20.1 Å². The van der Waals surface area contributed by atoms with Crippen LogP contribution >= 0.6 is 0 Å². The first-order valence-corrected chi connectivity index (χ1v) is 12.8. The number of fused-ring (bicyclic) bond motifs is 1. The molecular formula is C28H38N4O4. The number of likely N-dealkylation sites (tertiary alicyclic amines) is 1. The first-order chi connectivity index (χ1) is 17.3. The highest BCUT2D eigenvalue weighted by molar-refractivity contribution is 6.02. The van der Waals surface area contributed by atoms with E-state index in [-0.39, 0.29) is 11.8 Å². The highest BCUT2D eigenvalue weighted by Crippen LogP contribution is 2.45. The van der Waals surface area contributed by atoms with E-state index in [1.807, 2.05) is 12.1 Å². The van der Waals surface area contributed by atoms with Crippen LogP contribution in [0, 0.1) is 11.8 Å². The van der Waals surface area contributed by atoms with Crippen LogP contribution in [0.3, 0.4) is 0 Å². The molecule has 2 aliphatic rings. The number of nitrogens with one attached hydrogen (secondary N) is 1. The maximum absolute atomic E-state index is 13.8. The van der Waals surface area contributed by atoms with Crippen molar-refractivity contribution < 1.29 is 19.1 Å². The largest absolute Gasteiger partial charge is 0.493 e. The molecule has 3 heterocycles. The fraction of sp³-hybridized carbons (Fsp3) is 0.536. The third kappa shape index (κ3) is 5.33. The molecular weight excluding hydrogens is 456 g/mol. The zero-order valence-corrected chi connectivity index (χ0v) is 22.0. The molecule has 2 amide bonds. The molecule has 4 atom stereocenters. The summed E-state index contributed by atoms with van der Waals surface area (Å²) in [7, 11) is 4.82. The summed E-state index contributed by atoms with van der Waals surface area (Å²) in [5.74, 6) is 1.48. The normalized spacial score (nSPS) is 24.2. The van der Waals surface area contributed by atoms with Gasteiger partial charge in [0, 0.05) is 44.6 Å². The van der Waals surface area contributed by atoms with Crippen LogP contribution in [0.5, 0.6) is 11.5 Å². The number of carbonyl (C=O) groups excluding carboxylic acids is 2. The summed E-state index contributed by atoms with van der Waals surface area (Å²) < 4.78 is 11.0. The molecule has 36 heavy (non-hydrogen) atoms. The number of carbonyl (C=O) groups is 2. The van der Waals surface area contributed by atoms with E-state index < -0.39 is 12.0 Å². The van der Waals surface area contributed by atoms with E-state index in [2.05, 4.69) is 29.0 Å². The van der Waals surface area contributed by atoms with Gasteiger partial charge in [0.1, 0.15) is 0 Å². The molecule has 0 unspecified atom stereocenters. The van der Waals surface area contributed by atoms with Gasteiger partial charge in [0.25, 0.3) is 5.91 Å². The highest BCUT2D eigenvalue weighted by atomic mass is 16.5. The molecule has 0 bridgehead atoms. The Labute approximate surface area is 214 Å². The first-order valence-electron chi connectivity index (χ1n) is 12.8. The van der Waals surface area contributed by atoms with Crippen molar-refractivity contribution in [2.45, 2.75) is 38.6 Å². The summed E-state index contributed by atoms with van der Waals surface area (Å²) in [5.41, 5.74) is 1.90. The number of rotatable bonds is 8. The molecule has 1 aromatic carbocycles. The van der Waals surface area contributed by atoms with Crippen LogP contribution in [0.4, 0.5) is 0 Å². The van der Waals surface area contributed by atoms with Gasteiger partial charge in [-0.1, -0.05) is 19.9 Å². The molecule has 2 aromatic rings. The summed E-state index contributed by atoms with van der Waals surface area (Å²) in [5, 5.41) is 3.16. The van der Waals surface area contributed by atoms with E-state index in [1.54, 1.807) is 43.6 Å². The van der Waals surface area contributed by atoms with Gasteiger partial charge in [-0.15, -0.1) is 0 Å². The molecule has 2 aliphatic heterocycles. The smallest absolute Gasteiger partial charge is 0.254 e. The van der Waals surface area contributed by atoms with E-state index in [1.165, 1.54) is 13.5 Å². The average Bonchev–Trinajstić information content (AvgIpc) is 2.87. The molecule has 1 aromatic heterocycles. The van der Waals surface area contributed by atoms with Crippen molar-refractivity contribution in [2.75, 3.05) is 47.4 Å². The van der Waals surface area contributed by atoms with Crippen molar-refractivity contribution in [3.63, 3.8) is 0 Å². The number of pyridine rings is 1. The minimum Gasteiger partial charge on any atom is -0.493 e. The van der Waals surface area contributed by atoms with Crippen LogP contribution < -0.4 is 14.8 Å². The molecule has 8 nitrogen and oxygen atoms in total. The number of amides is 2. The fourth-order valence-electron chi connectivity index (χ4n) is 5.90. The van der Waals surface area contributed by atoms with Crippen molar-refractivity contribution in [3.05, 3.63) is 53.3 Å². The lowest BCUT2D eigenvalue weighted by molar-refractivity contribution is -0.124. The molecule has 0 saturated carbocycles. The maximum Gasteiger partial charge on any atom is 0.254 e. The molecule has 1 saturated heterocycles. The number of hydrogen-bond acceptors (Lipinski definition) is 6. The Hall–Kier alpha value is -3.13. The van der Waals surface area contributed by atoms with Gasteiger partial charge in [0.15, 0.2) is 11.5 Å². The minimum atomic E-state index is -0.610. The van der Waals surface area contributed by atoms with Crippen molar-refractivity contribution in [3.8, 4) is 11.5 Å². The number of methoxy groups -OCH3 is 2. The predicted octanol–water partition coefficient (Wildman–Crippen LogP) is 3.49. The first kappa shape index (κ1) is 25.9. The van der Waals surface area contributed by atoms with E-state index >= 15 is 0 Å². The van der Waals surface area contributed by atoms with Gasteiger partial charge < -0.3 is 24.6 Å². The molecule has 0 spiro atoms.